The van der Waals surface area contributed by atoms with Gasteiger partial charge in [-0.1, -0.05) is 6.42 Å². The number of ether oxygens (including phenoxy) is 1. The molecule has 1 heterocycles. The first kappa shape index (κ1) is 18.4. The minimum atomic E-state index is -0.898. The first-order valence-corrected chi connectivity index (χ1v) is 9.98. The van der Waals surface area contributed by atoms with Gasteiger partial charge in [-0.3, -0.25) is 0 Å². The zero-order valence-electron chi connectivity index (χ0n) is 16.1. The van der Waals surface area contributed by atoms with E-state index in [1.54, 1.807) is 12.1 Å². The van der Waals surface area contributed by atoms with E-state index in [0.717, 1.165) is 35.5 Å². The Hall–Kier alpha value is -3.01. The van der Waals surface area contributed by atoms with Crippen molar-refractivity contribution in [1.82, 2.24) is 4.57 Å². The van der Waals surface area contributed by atoms with Crippen molar-refractivity contribution in [1.29, 1.82) is 0 Å². The van der Waals surface area contributed by atoms with Gasteiger partial charge in [0.1, 0.15) is 5.75 Å². The summed E-state index contributed by atoms with van der Waals surface area (Å²) >= 11 is 0. The SMILES string of the molecule is CCOc1ccc(-c2cc3c(n2-c2ccc(C(=O)O)cc2)CCCCC3)cc1. The van der Waals surface area contributed by atoms with Gasteiger partial charge in [-0.05, 0) is 98.3 Å². The van der Waals surface area contributed by atoms with Gasteiger partial charge in [-0.25, -0.2) is 4.79 Å². The maximum absolute atomic E-state index is 11.2. The van der Waals surface area contributed by atoms with E-state index in [-0.39, 0.29) is 0 Å². The van der Waals surface area contributed by atoms with E-state index >= 15 is 0 Å². The van der Waals surface area contributed by atoms with E-state index in [9.17, 15) is 9.90 Å². The van der Waals surface area contributed by atoms with Gasteiger partial charge < -0.3 is 14.4 Å². The van der Waals surface area contributed by atoms with Gasteiger partial charge in [0.05, 0.1) is 17.9 Å². The average Bonchev–Trinajstić information content (AvgIpc) is 2.91. The number of aromatic carboxylic acids is 1. The Morgan fingerprint density at radius 3 is 2.39 bits per heavy atom. The number of nitrogens with zero attached hydrogens (tertiary/aromatic N) is 1. The predicted octanol–water partition coefficient (Wildman–Crippen LogP) is 5.51. The number of carboxylic acids is 1. The normalized spacial score (nSPS) is 13.6. The van der Waals surface area contributed by atoms with Crippen LogP contribution in [0.1, 0.15) is 47.8 Å². The molecule has 2 aromatic carbocycles. The quantitative estimate of drug-likeness (QED) is 0.598. The van der Waals surface area contributed by atoms with Gasteiger partial charge in [0.25, 0.3) is 0 Å². The highest BCUT2D eigenvalue weighted by Crippen LogP contribution is 2.34. The van der Waals surface area contributed by atoms with E-state index in [1.165, 1.54) is 30.5 Å². The van der Waals surface area contributed by atoms with E-state index in [1.807, 2.05) is 31.2 Å². The van der Waals surface area contributed by atoms with Crippen LogP contribution >= 0.6 is 0 Å². The van der Waals surface area contributed by atoms with E-state index in [0.29, 0.717) is 12.2 Å². The Kier molecular flexibility index (Phi) is 5.20. The summed E-state index contributed by atoms with van der Waals surface area (Å²) < 4.78 is 7.89. The third-order valence-electron chi connectivity index (χ3n) is 5.39. The molecule has 3 aromatic rings. The molecule has 0 fully saturated rings. The lowest BCUT2D eigenvalue weighted by atomic mass is 10.1. The molecule has 4 nitrogen and oxygen atoms in total. The number of carboxylic acid groups (broad SMARTS) is 1. The first-order valence-electron chi connectivity index (χ1n) is 9.98. The van der Waals surface area contributed by atoms with Crippen molar-refractivity contribution in [2.75, 3.05) is 6.61 Å². The third kappa shape index (κ3) is 3.55. The van der Waals surface area contributed by atoms with Crippen molar-refractivity contribution in [3.05, 3.63) is 71.4 Å². The summed E-state index contributed by atoms with van der Waals surface area (Å²) in [7, 11) is 0. The van der Waals surface area contributed by atoms with Gasteiger partial charge in [-0.2, -0.15) is 0 Å². The lowest BCUT2D eigenvalue weighted by Gasteiger charge is -2.15. The molecule has 1 aromatic heterocycles. The number of fused-ring (bicyclic) bond motifs is 1. The minimum Gasteiger partial charge on any atom is -0.494 e. The van der Waals surface area contributed by atoms with Crippen molar-refractivity contribution in [3.8, 4) is 22.7 Å². The van der Waals surface area contributed by atoms with Crippen LogP contribution in [0.4, 0.5) is 0 Å². The number of aryl methyl sites for hydroxylation is 1. The van der Waals surface area contributed by atoms with Crippen molar-refractivity contribution in [3.63, 3.8) is 0 Å². The van der Waals surface area contributed by atoms with Crippen LogP contribution in [0.15, 0.2) is 54.6 Å². The molecule has 1 aliphatic rings. The van der Waals surface area contributed by atoms with E-state index in [4.69, 9.17) is 4.74 Å². The molecule has 0 bridgehead atoms. The fraction of sp³-hybridized carbons (Fsp3) is 0.292. The second-order valence-corrected chi connectivity index (χ2v) is 7.21. The van der Waals surface area contributed by atoms with Crippen molar-refractivity contribution in [2.24, 2.45) is 0 Å². The molecule has 0 unspecified atom stereocenters. The maximum atomic E-state index is 11.2. The second-order valence-electron chi connectivity index (χ2n) is 7.21. The summed E-state index contributed by atoms with van der Waals surface area (Å²) in [4.78, 5) is 11.2. The number of carbonyl (C=O) groups is 1. The lowest BCUT2D eigenvalue weighted by molar-refractivity contribution is 0.0697. The Balaban J connectivity index is 1.82. The molecule has 1 aliphatic carbocycles. The standard InChI is InChI=1S/C24H25NO3/c1-2-28-21-14-10-17(11-15-21)23-16-19-6-4-3-5-7-22(19)25(23)20-12-8-18(9-13-20)24(26)27/h8-16H,2-7H2,1H3,(H,26,27). The van der Waals surface area contributed by atoms with Gasteiger partial charge in [0, 0.05) is 11.4 Å². The summed E-state index contributed by atoms with van der Waals surface area (Å²) in [5.74, 6) is -0.0265. The molecule has 0 aliphatic heterocycles. The monoisotopic (exact) mass is 375 g/mol. The second kappa shape index (κ2) is 7.93. The van der Waals surface area contributed by atoms with Crippen LogP contribution in [0.5, 0.6) is 5.75 Å². The van der Waals surface area contributed by atoms with Crippen molar-refractivity contribution < 1.29 is 14.6 Å². The third-order valence-corrected chi connectivity index (χ3v) is 5.39. The van der Waals surface area contributed by atoms with Crippen LogP contribution in [0, 0.1) is 0 Å². The molecule has 0 atom stereocenters. The molecule has 4 rings (SSSR count). The topological polar surface area (TPSA) is 51.5 Å². The van der Waals surface area contributed by atoms with Crippen molar-refractivity contribution in [2.45, 2.75) is 39.0 Å². The van der Waals surface area contributed by atoms with Crippen molar-refractivity contribution >= 4 is 5.97 Å². The zero-order chi connectivity index (χ0) is 19.5. The minimum absolute atomic E-state index is 0.310. The van der Waals surface area contributed by atoms with E-state index in [2.05, 4.69) is 22.8 Å². The Morgan fingerprint density at radius 2 is 1.71 bits per heavy atom. The summed E-state index contributed by atoms with van der Waals surface area (Å²) in [6, 6.07) is 17.7. The van der Waals surface area contributed by atoms with Crippen LogP contribution in [0.3, 0.4) is 0 Å². The number of aromatic nitrogens is 1. The summed E-state index contributed by atoms with van der Waals surface area (Å²) in [5.41, 5.74) is 6.37. The molecule has 4 heteroatoms. The highest BCUT2D eigenvalue weighted by Gasteiger charge is 2.19. The average molecular weight is 375 g/mol. The molecule has 0 saturated carbocycles. The summed E-state index contributed by atoms with van der Waals surface area (Å²) in [6.07, 6.45) is 5.81. The Labute approximate surface area is 165 Å². The molecule has 1 N–H and O–H groups in total. The highest BCUT2D eigenvalue weighted by molar-refractivity contribution is 5.87. The number of rotatable bonds is 5. The van der Waals surface area contributed by atoms with Crippen LogP contribution in [0.2, 0.25) is 0 Å². The lowest BCUT2D eigenvalue weighted by Crippen LogP contribution is -2.04. The number of hydrogen-bond donors (Lipinski definition) is 1. The predicted molar refractivity (Wildman–Crippen MR) is 111 cm³/mol. The number of hydrogen-bond acceptors (Lipinski definition) is 2. The largest absolute Gasteiger partial charge is 0.494 e. The summed E-state index contributed by atoms with van der Waals surface area (Å²) in [6.45, 7) is 2.64. The molecule has 0 amide bonds. The molecule has 28 heavy (non-hydrogen) atoms. The van der Waals surface area contributed by atoms with E-state index < -0.39 is 5.97 Å². The van der Waals surface area contributed by atoms with Gasteiger partial charge in [0.15, 0.2) is 0 Å². The number of benzene rings is 2. The molecule has 0 radical (unpaired) electrons. The molecule has 0 spiro atoms. The van der Waals surface area contributed by atoms with Crippen LogP contribution in [-0.4, -0.2) is 22.2 Å². The van der Waals surface area contributed by atoms with Crippen LogP contribution in [0.25, 0.3) is 16.9 Å². The summed E-state index contributed by atoms with van der Waals surface area (Å²) in [5, 5.41) is 9.22. The van der Waals surface area contributed by atoms with Gasteiger partial charge >= 0.3 is 5.97 Å². The fourth-order valence-corrected chi connectivity index (χ4v) is 4.02. The fourth-order valence-electron chi connectivity index (χ4n) is 4.02. The molecule has 0 saturated heterocycles. The van der Waals surface area contributed by atoms with Crippen LogP contribution < -0.4 is 4.74 Å². The smallest absolute Gasteiger partial charge is 0.335 e. The zero-order valence-corrected chi connectivity index (χ0v) is 16.1. The Morgan fingerprint density at radius 1 is 1.00 bits per heavy atom. The van der Waals surface area contributed by atoms with Gasteiger partial charge in [-0.15, -0.1) is 0 Å². The Bertz CT molecular complexity index is 968. The van der Waals surface area contributed by atoms with Crippen LogP contribution in [-0.2, 0) is 12.8 Å². The molecular formula is C24H25NO3. The highest BCUT2D eigenvalue weighted by atomic mass is 16.5. The molecular weight excluding hydrogens is 350 g/mol. The maximum Gasteiger partial charge on any atom is 0.335 e. The molecule has 144 valence electrons. The first-order chi connectivity index (χ1) is 13.7. The van der Waals surface area contributed by atoms with Gasteiger partial charge in [0.2, 0.25) is 0 Å².